The summed E-state index contributed by atoms with van der Waals surface area (Å²) < 4.78 is 5.78. The van der Waals surface area contributed by atoms with E-state index >= 15 is 0 Å². The van der Waals surface area contributed by atoms with Crippen LogP contribution in [-0.4, -0.2) is 48.3 Å². The number of hydrogen-bond acceptors (Lipinski definition) is 3. The van der Waals surface area contributed by atoms with Gasteiger partial charge in [0.2, 0.25) is 0 Å². The largest absolute Gasteiger partial charge is 0.481 e. The van der Waals surface area contributed by atoms with Crippen molar-refractivity contribution in [3.05, 3.63) is 0 Å². The molecule has 1 aliphatic rings. The number of likely N-dealkylation sites (tertiary alicyclic amines) is 1. The van der Waals surface area contributed by atoms with E-state index in [0.717, 1.165) is 39.0 Å². The van der Waals surface area contributed by atoms with E-state index in [9.17, 15) is 9.90 Å². The van der Waals surface area contributed by atoms with Gasteiger partial charge in [-0.3, -0.25) is 9.69 Å². The maximum Gasteiger partial charge on any atom is 0.310 e. The third-order valence-electron chi connectivity index (χ3n) is 3.89. The number of carboxylic acid groups (broad SMARTS) is 1. The number of piperidine rings is 1. The van der Waals surface area contributed by atoms with E-state index in [2.05, 4.69) is 11.8 Å². The molecule has 1 rings (SSSR count). The van der Waals surface area contributed by atoms with Gasteiger partial charge >= 0.3 is 5.97 Å². The van der Waals surface area contributed by atoms with E-state index in [4.69, 9.17) is 4.74 Å². The molecule has 2 unspecified atom stereocenters. The van der Waals surface area contributed by atoms with Crippen molar-refractivity contribution in [1.82, 2.24) is 4.90 Å². The number of nitrogens with zero attached hydrogens (tertiary/aromatic N) is 1. The Morgan fingerprint density at radius 2 is 2.22 bits per heavy atom. The average Bonchev–Trinajstić information content (AvgIpc) is 2.36. The third-order valence-corrected chi connectivity index (χ3v) is 3.89. The van der Waals surface area contributed by atoms with E-state index in [0.29, 0.717) is 13.0 Å². The van der Waals surface area contributed by atoms with E-state index in [1.54, 1.807) is 0 Å². The van der Waals surface area contributed by atoms with Gasteiger partial charge in [-0.05, 0) is 39.2 Å². The highest BCUT2D eigenvalue weighted by Gasteiger charge is 2.34. The zero-order chi connectivity index (χ0) is 13.6. The summed E-state index contributed by atoms with van der Waals surface area (Å²) in [4.78, 5) is 13.6. The summed E-state index contributed by atoms with van der Waals surface area (Å²) in [5.74, 6) is -0.693. The SMILES string of the molecule is CCCOC1CCCN(CC(C)(CC)C(=O)O)C1. The number of hydrogen-bond donors (Lipinski definition) is 1. The summed E-state index contributed by atoms with van der Waals surface area (Å²) in [5.41, 5.74) is -0.632. The molecule has 1 fully saturated rings. The van der Waals surface area contributed by atoms with Crippen molar-refractivity contribution >= 4 is 5.97 Å². The standard InChI is InChI=1S/C14H27NO3/c1-4-9-18-12-7-6-8-15(10-12)11-14(3,5-2)13(16)17/h12H,4-11H2,1-3H3,(H,16,17). The van der Waals surface area contributed by atoms with Crippen LogP contribution in [0.2, 0.25) is 0 Å². The Bertz CT molecular complexity index is 270. The quantitative estimate of drug-likeness (QED) is 0.760. The van der Waals surface area contributed by atoms with Crippen LogP contribution in [0.5, 0.6) is 0 Å². The van der Waals surface area contributed by atoms with Crippen LogP contribution >= 0.6 is 0 Å². The van der Waals surface area contributed by atoms with Crippen LogP contribution in [0.25, 0.3) is 0 Å². The van der Waals surface area contributed by atoms with Crippen molar-refractivity contribution in [3.8, 4) is 0 Å². The highest BCUT2D eigenvalue weighted by atomic mass is 16.5. The summed E-state index contributed by atoms with van der Waals surface area (Å²) in [5, 5.41) is 9.31. The van der Waals surface area contributed by atoms with Crippen LogP contribution in [0.15, 0.2) is 0 Å². The Balaban J connectivity index is 2.48. The lowest BCUT2D eigenvalue weighted by atomic mass is 9.86. The van der Waals surface area contributed by atoms with Crippen molar-refractivity contribution in [3.63, 3.8) is 0 Å². The van der Waals surface area contributed by atoms with Gasteiger partial charge in [-0.25, -0.2) is 0 Å². The first-order valence-electron chi connectivity index (χ1n) is 7.09. The Morgan fingerprint density at radius 3 is 2.78 bits per heavy atom. The monoisotopic (exact) mass is 257 g/mol. The van der Waals surface area contributed by atoms with Gasteiger partial charge in [0.25, 0.3) is 0 Å². The molecule has 1 aliphatic heterocycles. The van der Waals surface area contributed by atoms with Gasteiger partial charge in [0.05, 0.1) is 11.5 Å². The number of aliphatic carboxylic acids is 1. The second kappa shape index (κ2) is 7.10. The van der Waals surface area contributed by atoms with Crippen molar-refractivity contribution < 1.29 is 14.6 Å². The van der Waals surface area contributed by atoms with E-state index in [-0.39, 0.29) is 6.10 Å². The molecule has 1 saturated heterocycles. The molecule has 0 aliphatic carbocycles. The fraction of sp³-hybridized carbons (Fsp3) is 0.929. The average molecular weight is 257 g/mol. The van der Waals surface area contributed by atoms with Crippen LogP contribution < -0.4 is 0 Å². The van der Waals surface area contributed by atoms with Gasteiger partial charge in [0.15, 0.2) is 0 Å². The smallest absolute Gasteiger partial charge is 0.310 e. The van der Waals surface area contributed by atoms with Gasteiger partial charge < -0.3 is 9.84 Å². The number of carbonyl (C=O) groups is 1. The second-order valence-electron chi connectivity index (χ2n) is 5.59. The molecule has 106 valence electrons. The highest BCUT2D eigenvalue weighted by molar-refractivity contribution is 5.74. The molecule has 4 heteroatoms. The first kappa shape index (κ1) is 15.4. The van der Waals surface area contributed by atoms with E-state index in [1.165, 1.54) is 0 Å². The summed E-state index contributed by atoms with van der Waals surface area (Å²) >= 11 is 0. The lowest BCUT2D eigenvalue weighted by molar-refractivity contribution is -0.150. The van der Waals surface area contributed by atoms with Crippen LogP contribution in [0.1, 0.15) is 46.5 Å². The van der Waals surface area contributed by atoms with Gasteiger partial charge in [0, 0.05) is 19.7 Å². The molecule has 0 spiro atoms. The van der Waals surface area contributed by atoms with Crippen molar-refractivity contribution in [2.75, 3.05) is 26.2 Å². The highest BCUT2D eigenvalue weighted by Crippen LogP contribution is 2.25. The minimum atomic E-state index is -0.693. The molecule has 0 bridgehead atoms. The van der Waals surface area contributed by atoms with Gasteiger partial charge in [-0.1, -0.05) is 13.8 Å². The minimum Gasteiger partial charge on any atom is -0.481 e. The molecule has 4 nitrogen and oxygen atoms in total. The first-order valence-corrected chi connectivity index (χ1v) is 7.09. The zero-order valence-electron chi connectivity index (χ0n) is 11.9. The van der Waals surface area contributed by atoms with Crippen LogP contribution in [-0.2, 0) is 9.53 Å². The Labute approximate surface area is 110 Å². The lowest BCUT2D eigenvalue weighted by Crippen LogP contribution is -2.47. The molecule has 0 aromatic carbocycles. The summed E-state index contributed by atoms with van der Waals surface area (Å²) in [6.07, 6.45) is 4.20. The van der Waals surface area contributed by atoms with Gasteiger partial charge in [0.1, 0.15) is 0 Å². The van der Waals surface area contributed by atoms with Crippen LogP contribution in [0.4, 0.5) is 0 Å². The topological polar surface area (TPSA) is 49.8 Å². The van der Waals surface area contributed by atoms with Crippen LogP contribution in [0.3, 0.4) is 0 Å². The molecule has 18 heavy (non-hydrogen) atoms. The van der Waals surface area contributed by atoms with E-state index < -0.39 is 11.4 Å². The molecular formula is C14H27NO3. The van der Waals surface area contributed by atoms with E-state index in [1.807, 2.05) is 13.8 Å². The molecule has 0 radical (unpaired) electrons. The number of carboxylic acids is 1. The number of ether oxygens (including phenoxy) is 1. The fourth-order valence-corrected chi connectivity index (χ4v) is 2.40. The second-order valence-corrected chi connectivity index (χ2v) is 5.59. The molecule has 0 aromatic heterocycles. The first-order chi connectivity index (χ1) is 8.51. The van der Waals surface area contributed by atoms with Crippen molar-refractivity contribution in [1.29, 1.82) is 0 Å². The van der Waals surface area contributed by atoms with Gasteiger partial charge in [-0.2, -0.15) is 0 Å². The maximum absolute atomic E-state index is 11.3. The predicted octanol–water partition coefficient (Wildman–Crippen LogP) is 2.38. The molecule has 2 atom stereocenters. The van der Waals surface area contributed by atoms with Crippen LogP contribution in [0, 0.1) is 5.41 Å². The Hall–Kier alpha value is -0.610. The summed E-state index contributed by atoms with van der Waals surface area (Å²) in [7, 11) is 0. The normalized spacial score (nSPS) is 24.7. The summed E-state index contributed by atoms with van der Waals surface area (Å²) in [6.45, 7) is 9.21. The van der Waals surface area contributed by atoms with Crippen molar-refractivity contribution in [2.24, 2.45) is 5.41 Å². The molecular weight excluding hydrogens is 230 g/mol. The lowest BCUT2D eigenvalue weighted by Gasteiger charge is -2.37. The van der Waals surface area contributed by atoms with Gasteiger partial charge in [-0.15, -0.1) is 0 Å². The molecule has 1 N–H and O–H groups in total. The molecule has 0 amide bonds. The molecule has 1 heterocycles. The molecule has 0 aromatic rings. The predicted molar refractivity (Wildman–Crippen MR) is 71.7 cm³/mol. The van der Waals surface area contributed by atoms with Crippen molar-refractivity contribution in [2.45, 2.75) is 52.6 Å². The third kappa shape index (κ3) is 4.25. The minimum absolute atomic E-state index is 0.286. The summed E-state index contributed by atoms with van der Waals surface area (Å²) in [6, 6.07) is 0. The molecule has 0 saturated carbocycles. The fourth-order valence-electron chi connectivity index (χ4n) is 2.40. The zero-order valence-corrected chi connectivity index (χ0v) is 11.9. The Morgan fingerprint density at radius 1 is 1.50 bits per heavy atom. The number of rotatable bonds is 7. The Kier molecular flexibility index (Phi) is 6.09. The maximum atomic E-state index is 11.3.